The largest absolute Gasteiger partial charge is 0.444 e. The maximum Gasteiger partial charge on any atom is 0.407 e. The number of unbranched alkanes of at least 4 members (excludes halogenated alkanes) is 3. The van der Waals surface area contributed by atoms with Crippen LogP contribution in [0.2, 0.25) is 0 Å². The molecule has 0 aliphatic rings. The van der Waals surface area contributed by atoms with Gasteiger partial charge >= 0.3 is 6.09 Å². The summed E-state index contributed by atoms with van der Waals surface area (Å²) in [5, 5.41) is 5.42. The number of carbonyl (C=O) groups is 2. The molecule has 0 spiro atoms. The summed E-state index contributed by atoms with van der Waals surface area (Å²) in [5.41, 5.74) is 4.71. The zero-order valence-electron chi connectivity index (χ0n) is 12.3. The summed E-state index contributed by atoms with van der Waals surface area (Å²) in [6.45, 7) is 6.83. The lowest BCUT2D eigenvalue weighted by atomic mass is 10.2. The molecule has 0 saturated carbocycles. The van der Waals surface area contributed by atoms with E-state index < -0.39 is 5.60 Å². The van der Waals surface area contributed by atoms with E-state index in [0.717, 1.165) is 25.7 Å². The minimum atomic E-state index is -0.453. The molecule has 0 heterocycles. The summed E-state index contributed by atoms with van der Waals surface area (Å²) in [5.74, 6) is -0.119. The van der Waals surface area contributed by atoms with Gasteiger partial charge in [0.1, 0.15) is 5.60 Å². The van der Waals surface area contributed by atoms with E-state index in [1.165, 1.54) is 0 Å². The van der Waals surface area contributed by atoms with Gasteiger partial charge in [0.2, 0.25) is 5.91 Å². The molecule has 0 aromatic heterocycles. The fourth-order valence-electron chi connectivity index (χ4n) is 1.41. The predicted molar refractivity (Wildman–Crippen MR) is 74.8 cm³/mol. The highest BCUT2D eigenvalue weighted by Crippen LogP contribution is 2.06. The molecule has 0 rings (SSSR count). The predicted octanol–water partition coefficient (Wildman–Crippen LogP) is 1.15. The molecule has 0 fully saturated rings. The highest BCUT2D eigenvalue weighted by atomic mass is 16.6. The van der Waals surface area contributed by atoms with E-state index in [0.29, 0.717) is 13.1 Å². The SMILES string of the molecule is CC(C)(C)OC(=O)NCCCCCCNC(=O)CN. The third-order valence-electron chi connectivity index (χ3n) is 2.28. The lowest BCUT2D eigenvalue weighted by Crippen LogP contribution is -2.33. The molecule has 0 aliphatic carbocycles. The van der Waals surface area contributed by atoms with Crippen LogP contribution in [-0.4, -0.2) is 37.2 Å². The summed E-state index contributed by atoms with van der Waals surface area (Å²) in [7, 11) is 0. The number of amides is 2. The van der Waals surface area contributed by atoms with Crippen molar-refractivity contribution in [2.45, 2.75) is 52.1 Å². The number of nitrogens with two attached hydrogens (primary N) is 1. The van der Waals surface area contributed by atoms with Crippen LogP contribution < -0.4 is 16.4 Å². The van der Waals surface area contributed by atoms with Gasteiger partial charge in [-0.2, -0.15) is 0 Å². The molecule has 0 radical (unpaired) electrons. The maximum absolute atomic E-state index is 11.3. The van der Waals surface area contributed by atoms with Crippen LogP contribution in [0.4, 0.5) is 4.79 Å². The zero-order chi connectivity index (χ0) is 14.7. The smallest absolute Gasteiger partial charge is 0.407 e. The Morgan fingerprint density at radius 2 is 1.53 bits per heavy atom. The number of nitrogens with one attached hydrogen (secondary N) is 2. The van der Waals surface area contributed by atoms with E-state index in [1.807, 2.05) is 20.8 Å². The van der Waals surface area contributed by atoms with Crippen LogP contribution in [0.5, 0.6) is 0 Å². The highest BCUT2D eigenvalue weighted by Gasteiger charge is 2.15. The van der Waals surface area contributed by atoms with Gasteiger partial charge in [-0.25, -0.2) is 4.79 Å². The minimum Gasteiger partial charge on any atom is -0.444 e. The maximum atomic E-state index is 11.3. The lowest BCUT2D eigenvalue weighted by Gasteiger charge is -2.19. The molecule has 0 bridgehead atoms. The molecule has 112 valence electrons. The summed E-state index contributed by atoms with van der Waals surface area (Å²) in [6, 6.07) is 0. The molecule has 0 atom stereocenters. The van der Waals surface area contributed by atoms with Gasteiger partial charge in [-0.15, -0.1) is 0 Å². The van der Waals surface area contributed by atoms with Crippen molar-refractivity contribution >= 4 is 12.0 Å². The first-order chi connectivity index (χ1) is 8.85. The van der Waals surface area contributed by atoms with E-state index in [1.54, 1.807) is 0 Å². The van der Waals surface area contributed by atoms with Gasteiger partial charge < -0.3 is 21.1 Å². The van der Waals surface area contributed by atoms with Gasteiger partial charge in [-0.1, -0.05) is 12.8 Å². The fraction of sp³-hybridized carbons (Fsp3) is 0.846. The van der Waals surface area contributed by atoms with E-state index in [2.05, 4.69) is 10.6 Å². The van der Waals surface area contributed by atoms with E-state index in [4.69, 9.17) is 10.5 Å². The number of hydrogen-bond acceptors (Lipinski definition) is 4. The van der Waals surface area contributed by atoms with Gasteiger partial charge in [0.15, 0.2) is 0 Å². The molecule has 6 heteroatoms. The van der Waals surface area contributed by atoms with Crippen LogP contribution in [0.3, 0.4) is 0 Å². The number of rotatable bonds is 8. The van der Waals surface area contributed by atoms with Crippen molar-refractivity contribution in [2.24, 2.45) is 5.73 Å². The van der Waals surface area contributed by atoms with Crippen LogP contribution in [0, 0.1) is 0 Å². The second kappa shape index (κ2) is 9.61. The van der Waals surface area contributed by atoms with Crippen LogP contribution in [0.25, 0.3) is 0 Å². The Morgan fingerprint density at radius 3 is 2.00 bits per heavy atom. The lowest BCUT2D eigenvalue weighted by molar-refractivity contribution is -0.119. The van der Waals surface area contributed by atoms with E-state index in [-0.39, 0.29) is 18.5 Å². The second-order valence-corrected chi connectivity index (χ2v) is 5.40. The van der Waals surface area contributed by atoms with Crippen LogP contribution in [0.1, 0.15) is 46.5 Å². The molecule has 0 aromatic carbocycles. The molecule has 0 saturated heterocycles. The highest BCUT2D eigenvalue weighted by molar-refractivity contribution is 5.77. The Bertz CT molecular complexity index is 275. The Morgan fingerprint density at radius 1 is 1.00 bits per heavy atom. The normalized spacial score (nSPS) is 10.9. The quantitative estimate of drug-likeness (QED) is 0.578. The topological polar surface area (TPSA) is 93.5 Å². The Hall–Kier alpha value is -1.30. The van der Waals surface area contributed by atoms with Crippen molar-refractivity contribution in [3.63, 3.8) is 0 Å². The van der Waals surface area contributed by atoms with E-state index >= 15 is 0 Å². The van der Waals surface area contributed by atoms with Gasteiger partial charge in [0.05, 0.1) is 6.54 Å². The van der Waals surface area contributed by atoms with Crippen molar-refractivity contribution in [3.8, 4) is 0 Å². The van der Waals surface area contributed by atoms with Crippen molar-refractivity contribution in [3.05, 3.63) is 0 Å². The fourth-order valence-corrected chi connectivity index (χ4v) is 1.41. The molecule has 0 unspecified atom stereocenters. The van der Waals surface area contributed by atoms with Crippen LogP contribution in [0.15, 0.2) is 0 Å². The number of alkyl carbamates (subject to hydrolysis) is 1. The molecular formula is C13H27N3O3. The van der Waals surface area contributed by atoms with Gasteiger partial charge in [-0.05, 0) is 33.6 Å². The second-order valence-electron chi connectivity index (χ2n) is 5.40. The molecule has 0 aliphatic heterocycles. The van der Waals surface area contributed by atoms with Crippen molar-refractivity contribution in [1.82, 2.24) is 10.6 Å². The summed E-state index contributed by atoms with van der Waals surface area (Å²) < 4.78 is 5.11. The van der Waals surface area contributed by atoms with Crippen molar-refractivity contribution < 1.29 is 14.3 Å². The van der Waals surface area contributed by atoms with Crippen LogP contribution in [-0.2, 0) is 9.53 Å². The number of hydrogen-bond donors (Lipinski definition) is 3. The number of carbonyl (C=O) groups excluding carboxylic acids is 2. The van der Waals surface area contributed by atoms with Crippen LogP contribution >= 0.6 is 0 Å². The average Bonchev–Trinajstić information content (AvgIpc) is 2.29. The molecule has 2 amide bonds. The molecule has 4 N–H and O–H groups in total. The van der Waals surface area contributed by atoms with Gasteiger partial charge in [0, 0.05) is 13.1 Å². The first-order valence-corrected chi connectivity index (χ1v) is 6.79. The molecular weight excluding hydrogens is 246 g/mol. The molecule has 6 nitrogen and oxygen atoms in total. The Balaban J connectivity index is 3.32. The van der Waals surface area contributed by atoms with Gasteiger partial charge in [0.25, 0.3) is 0 Å². The minimum absolute atomic E-state index is 0.0415. The summed E-state index contributed by atoms with van der Waals surface area (Å²) in [6.07, 6.45) is 3.49. The molecule has 19 heavy (non-hydrogen) atoms. The van der Waals surface area contributed by atoms with Crippen molar-refractivity contribution in [2.75, 3.05) is 19.6 Å². The molecule has 0 aromatic rings. The van der Waals surface area contributed by atoms with Crippen molar-refractivity contribution in [1.29, 1.82) is 0 Å². The Kier molecular flexibility index (Phi) is 8.95. The first kappa shape index (κ1) is 17.7. The third-order valence-corrected chi connectivity index (χ3v) is 2.28. The zero-order valence-corrected chi connectivity index (χ0v) is 12.3. The summed E-state index contributed by atoms with van der Waals surface area (Å²) >= 11 is 0. The number of ether oxygens (including phenoxy) is 1. The third kappa shape index (κ3) is 12.9. The van der Waals surface area contributed by atoms with Gasteiger partial charge in [-0.3, -0.25) is 4.79 Å². The average molecular weight is 273 g/mol. The van der Waals surface area contributed by atoms with E-state index in [9.17, 15) is 9.59 Å². The first-order valence-electron chi connectivity index (χ1n) is 6.79. The standard InChI is InChI=1S/C13H27N3O3/c1-13(2,3)19-12(18)16-9-7-5-4-6-8-15-11(17)10-14/h4-10,14H2,1-3H3,(H,15,17)(H,16,18). The Labute approximate surface area is 115 Å². The monoisotopic (exact) mass is 273 g/mol. The summed E-state index contributed by atoms with van der Waals surface area (Å²) in [4.78, 5) is 22.1.